The van der Waals surface area contributed by atoms with Gasteiger partial charge in [0.2, 0.25) is 0 Å². The Bertz CT molecular complexity index is 604. The molecule has 4 nitrogen and oxygen atoms in total. The first-order chi connectivity index (χ1) is 9.63. The van der Waals surface area contributed by atoms with Crippen molar-refractivity contribution in [3.63, 3.8) is 0 Å². The molecular formula is C16H21N3O. The van der Waals surface area contributed by atoms with Gasteiger partial charge in [0.15, 0.2) is 0 Å². The average molecular weight is 271 g/mol. The molecule has 1 aliphatic rings. The van der Waals surface area contributed by atoms with Crippen molar-refractivity contribution in [2.24, 2.45) is 0 Å². The third-order valence-corrected chi connectivity index (χ3v) is 3.90. The Balaban J connectivity index is 1.89. The quantitative estimate of drug-likeness (QED) is 0.910. The number of rotatable bonds is 2. The summed E-state index contributed by atoms with van der Waals surface area (Å²) in [7, 11) is 0. The number of hydrogen-bond donors (Lipinski definition) is 1. The number of anilines is 1. The number of hydrogen-bond acceptors (Lipinski definition) is 4. The Morgan fingerprint density at radius 2 is 1.90 bits per heavy atom. The lowest BCUT2D eigenvalue weighted by Crippen LogP contribution is -2.37. The lowest BCUT2D eigenvalue weighted by Gasteiger charge is -2.33. The highest BCUT2D eigenvalue weighted by Gasteiger charge is 2.24. The Hall–Kier alpha value is -1.68. The summed E-state index contributed by atoms with van der Waals surface area (Å²) in [4.78, 5) is 8.82. The molecular weight excluding hydrogens is 250 g/mol. The van der Waals surface area contributed by atoms with Crippen LogP contribution in [0.15, 0.2) is 24.5 Å². The van der Waals surface area contributed by atoms with Crippen molar-refractivity contribution in [3.8, 4) is 0 Å². The van der Waals surface area contributed by atoms with Crippen LogP contribution >= 0.6 is 0 Å². The van der Waals surface area contributed by atoms with E-state index in [0.29, 0.717) is 18.2 Å². The largest absolute Gasteiger partial charge is 0.375 e. The van der Waals surface area contributed by atoms with Gasteiger partial charge in [0.25, 0.3) is 0 Å². The maximum atomic E-state index is 5.79. The second-order valence-electron chi connectivity index (χ2n) is 5.76. The van der Waals surface area contributed by atoms with E-state index in [2.05, 4.69) is 54.3 Å². The van der Waals surface area contributed by atoms with Crippen molar-refractivity contribution in [3.05, 3.63) is 30.1 Å². The molecule has 0 bridgehead atoms. The third-order valence-electron chi connectivity index (χ3n) is 3.90. The molecule has 1 aromatic heterocycles. The van der Waals surface area contributed by atoms with Gasteiger partial charge in [0.1, 0.15) is 12.1 Å². The zero-order valence-electron chi connectivity index (χ0n) is 12.3. The van der Waals surface area contributed by atoms with Crippen LogP contribution in [0.3, 0.4) is 0 Å². The van der Waals surface area contributed by atoms with Gasteiger partial charge in [-0.25, -0.2) is 9.97 Å². The van der Waals surface area contributed by atoms with E-state index in [4.69, 9.17) is 4.74 Å². The fourth-order valence-corrected chi connectivity index (χ4v) is 3.07. The molecule has 20 heavy (non-hydrogen) atoms. The van der Waals surface area contributed by atoms with Crippen molar-refractivity contribution in [1.29, 1.82) is 0 Å². The molecule has 1 fully saturated rings. The van der Waals surface area contributed by atoms with Gasteiger partial charge < -0.3 is 10.1 Å². The summed E-state index contributed by atoms with van der Waals surface area (Å²) < 4.78 is 5.79. The summed E-state index contributed by atoms with van der Waals surface area (Å²) in [5, 5.41) is 4.68. The minimum Gasteiger partial charge on any atom is -0.375 e. The number of aryl methyl sites for hydroxylation is 1. The first-order valence-corrected chi connectivity index (χ1v) is 7.26. The topological polar surface area (TPSA) is 47.0 Å². The van der Waals surface area contributed by atoms with E-state index in [-0.39, 0.29) is 0 Å². The van der Waals surface area contributed by atoms with Crippen LogP contribution in [0.4, 0.5) is 5.82 Å². The van der Waals surface area contributed by atoms with E-state index in [0.717, 1.165) is 29.6 Å². The van der Waals surface area contributed by atoms with Crippen LogP contribution in [0.2, 0.25) is 0 Å². The number of fused-ring (bicyclic) bond motifs is 1. The van der Waals surface area contributed by atoms with E-state index in [9.17, 15) is 0 Å². The van der Waals surface area contributed by atoms with Crippen LogP contribution in [-0.2, 0) is 4.74 Å². The highest BCUT2D eigenvalue weighted by molar-refractivity contribution is 5.90. The first kappa shape index (κ1) is 13.3. The SMILES string of the molecule is Cc1cccc2c(NC3CC(C)OC(C)C3)ncnc12. The highest BCUT2D eigenvalue weighted by Crippen LogP contribution is 2.26. The van der Waals surface area contributed by atoms with Gasteiger partial charge in [-0.05, 0) is 45.2 Å². The fraction of sp³-hybridized carbons (Fsp3) is 0.500. The van der Waals surface area contributed by atoms with Crippen LogP contribution in [0.1, 0.15) is 32.3 Å². The minimum atomic E-state index is 0.297. The van der Waals surface area contributed by atoms with Gasteiger partial charge in [0, 0.05) is 11.4 Å². The van der Waals surface area contributed by atoms with E-state index >= 15 is 0 Å². The molecule has 1 N–H and O–H groups in total. The van der Waals surface area contributed by atoms with E-state index in [1.165, 1.54) is 5.56 Å². The van der Waals surface area contributed by atoms with E-state index in [1.807, 2.05) is 0 Å². The lowest BCUT2D eigenvalue weighted by atomic mass is 9.99. The Morgan fingerprint density at radius 3 is 2.65 bits per heavy atom. The van der Waals surface area contributed by atoms with Gasteiger partial charge in [-0.2, -0.15) is 0 Å². The fourth-order valence-electron chi connectivity index (χ4n) is 3.07. The molecule has 0 radical (unpaired) electrons. The molecule has 106 valence electrons. The Labute approximate surface area is 119 Å². The molecule has 2 atom stereocenters. The van der Waals surface area contributed by atoms with Crippen molar-refractivity contribution in [2.45, 2.75) is 51.9 Å². The van der Waals surface area contributed by atoms with Gasteiger partial charge in [-0.15, -0.1) is 0 Å². The predicted octanol–water partition coefficient (Wildman–Crippen LogP) is 3.31. The number of para-hydroxylation sites is 1. The van der Waals surface area contributed by atoms with Gasteiger partial charge in [-0.1, -0.05) is 12.1 Å². The molecule has 2 heterocycles. The normalized spacial score (nSPS) is 26.6. The molecule has 1 aromatic carbocycles. The molecule has 1 aliphatic heterocycles. The Morgan fingerprint density at radius 1 is 1.15 bits per heavy atom. The van der Waals surface area contributed by atoms with Crippen molar-refractivity contribution >= 4 is 16.7 Å². The number of ether oxygens (including phenoxy) is 1. The molecule has 0 spiro atoms. The van der Waals surface area contributed by atoms with Crippen LogP contribution in [0.25, 0.3) is 10.9 Å². The summed E-state index contributed by atoms with van der Waals surface area (Å²) in [6.45, 7) is 6.34. The molecule has 0 aliphatic carbocycles. The molecule has 1 saturated heterocycles. The minimum absolute atomic E-state index is 0.297. The van der Waals surface area contributed by atoms with Crippen molar-refractivity contribution in [1.82, 2.24) is 9.97 Å². The number of benzene rings is 1. The molecule has 3 rings (SSSR count). The summed E-state index contributed by atoms with van der Waals surface area (Å²) in [6, 6.07) is 6.63. The summed E-state index contributed by atoms with van der Waals surface area (Å²) >= 11 is 0. The molecule has 2 unspecified atom stereocenters. The van der Waals surface area contributed by atoms with Gasteiger partial charge in [0.05, 0.1) is 17.7 Å². The maximum absolute atomic E-state index is 5.79. The van der Waals surface area contributed by atoms with E-state index < -0.39 is 0 Å². The standard InChI is InChI=1S/C16H21N3O/c1-10-5-4-6-14-15(10)17-9-18-16(14)19-13-7-11(2)20-12(3)8-13/h4-6,9,11-13H,7-8H2,1-3H3,(H,17,18,19). The van der Waals surface area contributed by atoms with Crippen LogP contribution in [-0.4, -0.2) is 28.2 Å². The van der Waals surface area contributed by atoms with Crippen LogP contribution in [0, 0.1) is 6.92 Å². The van der Waals surface area contributed by atoms with Gasteiger partial charge >= 0.3 is 0 Å². The first-order valence-electron chi connectivity index (χ1n) is 7.26. The molecule has 0 amide bonds. The molecule has 2 aromatic rings. The Kier molecular flexibility index (Phi) is 3.57. The summed E-state index contributed by atoms with van der Waals surface area (Å²) in [6.07, 6.45) is 4.27. The second-order valence-corrected chi connectivity index (χ2v) is 5.76. The summed E-state index contributed by atoms with van der Waals surface area (Å²) in [5.74, 6) is 0.935. The zero-order valence-corrected chi connectivity index (χ0v) is 12.3. The van der Waals surface area contributed by atoms with Crippen LogP contribution < -0.4 is 5.32 Å². The smallest absolute Gasteiger partial charge is 0.137 e. The van der Waals surface area contributed by atoms with Crippen molar-refractivity contribution in [2.75, 3.05) is 5.32 Å². The lowest BCUT2D eigenvalue weighted by molar-refractivity contribution is -0.0338. The summed E-state index contributed by atoms with van der Waals surface area (Å²) in [5.41, 5.74) is 2.21. The monoisotopic (exact) mass is 271 g/mol. The zero-order chi connectivity index (χ0) is 14.1. The second kappa shape index (κ2) is 5.37. The third kappa shape index (κ3) is 2.61. The molecule has 4 heteroatoms. The molecule has 0 saturated carbocycles. The van der Waals surface area contributed by atoms with Crippen LogP contribution in [0.5, 0.6) is 0 Å². The maximum Gasteiger partial charge on any atom is 0.137 e. The average Bonchev–Trinajstić information content (AvgIpc) is 2.39. The highest BCUT2D eigenvalue weighted by atomic mass is 16.5. The number of nitrogens with zero attached hydrogens (tertiary/aromatic N) is 2. The van der Waals surface area contributed by atoms with Crippen molar-refractivity contribution < 1.29 is 4.74 Å². The number of nitrogens with one attached hydrogen (secondary N) is 1. The predicted molar refractivity (Wildman–Crippen MR) is 80.9 cm³/mol. The van der Waals surface area contributed by atoms with Gasteiger partial charge in [-0.3, -0.25) is 0 Å². The van der Waals surface area contributed by atoms with E-state index in [1.54, 1.807) is 6.33 Å². The number of aromatic nitrogens is 2.